The molecule has 1 aromatic rings. The first-order valence-electron chi connectivity index (χ1n) is 5.20. The molecule has 1 rings (SSSR count). The van der Waals surface area contributed by atoms with Gasteiger partial charge >= 0.3 is 5.97 Å². The summed E-state index contributed by atoms with van der Waals surface area (Å²) in [5, 5.41) is 10.7. The Kier molecular flexibility index (Phi) is 4.90. The van der Waals surface area contributed by atoms with Crippen molar-refractivity contribution >= 4 is 29.3 Å². The molecule has 0 aromatic carbocycles. The molecule has 0 bridgehead atoms. The highest BCUT2D eigenvalue weighted by molar-refractivity contribution is 7.10. The third-order valence-electron chi connectivity index (χ3n) is 2.28. The molecule has 0 saturated heterocycles. The van der Waals surface area contributed by atoms with Crippen molar-refractivity contribution in [3.05, 3.63) is 28.5 Å². The molecule has 1 aromatic heterocycles. The van der Waals surface area contributed by atoms with E-state index in [0.717, 1.165) is 4.88 Å². The maximum Gasteiger partial charge on any atom is 0.308 e. The topological polar surface area (TPSA) is 57.6 Å². The van der Waals surface area contributed by atoms with Gasteiger partial charge in [0.05, 0.1) is 5.92 Å². The first-order chi connectivity index (χ1) is 8.00. The number of likely N-dealkylation sites (N-methyl/N-ethyl adjacent to an activating group) is 1. The first-order valence-corrected chi connectivity index (χ1v) is 6.08. The Labute approximate surface area is 104 Å². The average molecular weight is 253 g/mol. The molecule has 0 radical (unpaired) electrons. The highest BCUT2D eigenvalue weighted by Crippen LogP contribution is 2.10. The van der Waals surface area contributed by atoms with Crippen LogP contribution in [0.1, 0.15) is 11.8 Å². The Hall–Kier alpha value is -1.62. The van der Waals surface area contributed by atoms with E-state index in [1.165, 1.54) is 11.0 Å². The molecule has 1 unspecified atom stereocenters. The predicted molar refractivity (Wildman–Crippen MR) is 67.8 cm³/mol. The minimum Gasteiger partial charge on any atom is -0.481 e. The zero-order valence-electron chi connectivity index (χ0n) is 9.79. The number of rotatable bonds is 5. The fourth-order valence-corrected chi connectivity index (χ4v) is 1.86. The number of thiophene rings is 1. The van der Waals surface area contributed by atoms with Crippen LogP contribution in [0.25, 0.3) is 6.08 Å². The van der Waals surface area contributed by atoms with Crippen molar-refractivity contribution in [1.82, 2.24) is 4.90 Å². The van der Waals surface area contributed by atoms with Gasteiger partial charge in [0.2, 0.25) is 5.91 Å². The van der Waals surface area contributed by atoms with Crippen LogP contribution in [0.15, 0.2) is 23.6 Å². The highest BCUT2D eigenvalue weighted by Gasteiger charge is 2.15. The number of carbonyl (C=O) groups is 2. The number of hydrogen-bond acceptors (Lipinski definition) is 3. The number of aliphatic carboxylic acids is 1. The van der Waals surface area contributed by atoms with Gasteiger partial charge in [0, 0.05) is 24.5 Å². The lowest BCUT2D eigenvalue weighted by atomic mass is 10.2. The molecule has 0 aliphatic carbocycles. The van der Waals surface area contributed by atoms with Gasteiger partial charge in [-0.15, -0.1) is 11.3 Å². The number of amides is 1. The highest BCUT2D eigenvalue weighted by atomic mass is 32.1. The van der Waals surface area contributed by atoms with Crippen molar-refractivity contribution in [3.8, 4) is 0 Å². The largest absolute Gasteiger partial charge is 0.481 e. The lowest BCUT2D eigenvalue weighted by Crippen LogP contribution is -2.32. The van der Waals surface area contributed by atoms with E-state index in [1.807, 2.05) is 17.5 Å². The molecule has 1 atom stereocenters. The lowest BCUT2D eigenvalue weighted by molar-refractivity contribution is -0.142. The summed E-state index contributed by atoms with van der Waals surface area (Å²) in [5.41, 5.74) is 0. The summed E-state index contributed by atoms with van der Waals surface area (Å²) in [4.78, 5) is 24.7. The third-order valence-corrected chi connectivity index (χ3v) is 3.12. The summed E-state index contributed by atoms with van der Waals surface area (Å²) in [7, 11) is 1.60. The fourth-order valence-electron chi connectivity index (χ4n) is 1.25. The van der Waals surface area contributed by atoms with Crippen LogP contribution in [0.2, 0.25) is 0 Å². The smallest absolute Gasteiger partial charge is 0.308 e. The molecule has 0 saturated carbocycles. The van der Waals surface area contributed by atoms with Gasteiger partial charge in [-0.2, -0.15) is 0 Å². The van der Waals surface area contributed by atoms with Gasteiger partial charge < -0.3 is 10.0 Å². The van der Waals surface area contributed by atoms with Crippen LogP contribution in [0.5, 0.6) is 0 Å². The molecule has 1 amide bonds. The van der Waals surface area contributed by atoms with Crippen LogP contribution < -0.4 is 0 Å². The van der Waals surface area contributed by atoms with Crippen molar-refractivity contribution < 1.29 is 14.7 Å². The van der Waals surface area contributed by atoms with E-state index >= 15 is 0 Å². The van der Waals surface area contributed by atoms with Crippen molar-refractivity contribution in [2.75, 3.05) is 13.6 Å². The van der Waals surface area contributed by atoms with Crippen LogP contribution in [0.4, 0.5) is 0 Å². The fraction of sp³-hybridized carbons (Fsp3) is 0.333. The van der Waals surface area contributed by atoms with Crippen LogP contribution in [0.3, 0.4) is 0 Å². The second-order valence-corrected chi connectivity index (χ2v) is 4.79. The van der Waals surface area contributed by atoms with Gasteiger partial charge in [0.1, 0.15) is 0 Å². The zero-order chi connectivity index (χ0) is 12.8. The van der Waals surface area contributed by atoms with Crippen molar-refractivity contribution in [3.63, 3.8) is 0 Å². The van der Waals surface area contributed by atoms with Gasteiger partial charge in [-0.3, -0.25) is 9.59 Å². The van der Waals surface area contributed by atoms with E-state index in [-0.39, 0.29) is 12.5 Å². The van der Waals surface area contributed by atoms with Gasteiger partial charge in [-0.05, 0) is 17.5 Å². The van der Waals surface area contributed by atoms with Crippen LogP contribution in [-0.4, -0.2) is 35.5 Å². The van der Waals surface area contributed by atoms with E-state index in [2.05, 4.69) is 0 Å². The summed E-state index contributed by atoms with van der Waals surface area (Å²) in [6, 6.07) is 3.82. The van der Waals surface area contributed by atoms with Gasteiger partial charge in [-0.25, -0.2) is 0 Å². The van der Waals surface area contributed by atoms with Gasteiger partial charge in [-0.1, -0.05) is 13.0 Å². The van der Waals surface area contributed by atoms with E-state index in [0.29, 0.717) is 0 Å². The Morgan fingerprint density at radius 1 is 1.59 bits per heavy atom. The van der Waals surface area contributed by atoms with Gasteiger partial charge in [0.15, 0.2) is 0 Å². The standard InChI is InChI=1S/C12H15NO3S/c1-9(12(15)16)8-13(2)11(14)6-5-10-4-3-7-17-10/h3-7,9H,8H2,1-2H3,(H,15,16). The third kappa shape index (κ3) is 4.40. The molecule has 0 fully saturated rings. The van der Waals surface area contributed by atoms with Crippen molar-refractivity contribution in [2.24, 2.45) is 5.92 Å². The summed E-state index contributed by atoms with van der Waals surface area (Å²) in [6.45, 7) is 1.79. The van der Waals surface area contributed by atoms with Crippen LogP contribution >= 0.6 is 11.3 Å². The minimum absolute atomic E-state index is 0.188. The monoisotopic (exact) mass is 253 g/mol. The van der Waals surface area contributed by atoms with E-state index < -0.39 is 11.9 Å². The Morgan fingerprint density at radius 3 is 2.82 bits per heavy atom. The first kappa shape index (κ1) is 13.4. The Morgan fingerprint density at radius 2 is 2.29 bits per heavy atom. The maximum atomic E-state index is 11.6. The molecule has 0 aliphatic heterocycles. The number of carboxylic acid groups (broad SMARTS) is 1. The quantitative estimate of drug-likeness (QED) is 0.816. The zero-order valence-corrected chi connectivity index (χ0v) is 10.6. The summed E-state index contributed by atoms with van der Waals surface area (Å²) >= 11 is 1.54. The molecular weight excluding hydrogens is 238 g/mol. The second kappa shape index (κ2) is 6.20. The molecule has 0 aliphatic rings. The van der Waals surface area contributed by atoms with E-state index in [4.69, 9.17) is 5.11 Å². The number of hydrogen-bond donors (Lipinski definition) is 1. The Bertz CT molecular complexity index is 411. The average Bonchev–Trinajstić information content (AvgIpc) is 2.78. The van der Waals surface area contributed by atoms with Crippen molar-refractivity contribution in [1.29, 1.82) is 0 Å². The maximum absolute atomic E-state index is 11.6. The Balaban J connectivity index is 2.50. The summed E-state index contributed by atoms with van der Waals surface area (Å²) < 4.78 is 0. The van der Waals surface area contributed by atoms with Crippen molar-refractivity contribution in [2.45, 2.75) is 6.92 Å². The van der Waals surface area contributed by atoms with Crippen LogP contribution in [0, 0.1) is 5.92 Å². The summed E-state index contributed by atoms with van der Waals surface area (Å²) in [5.74, 6) is -1.64. The molecule has 1 heterocycles. The molecule has 0 spiro atoms. The number of carbonyl (C=O) groups excluding carboxylic acids is 1. The second-order valence-electron chi connectivity index (χ2n) is 3.81. The normalized spacial score (nSPS) is 12.6. The van der Waals surface area contributed by atoms with Gasteiger partial charge in [0.25, 0.3) is 0 Å². The lowest BCUT2D eigenvalue weighted by Gasteiger charge is -2.17. The molecule has 17 heavy (non-hydrogen) atoms. The molecule has 1 N–H and O–H groups in total. The number of nitrogens with zero attached hydrogens (tertiary/aromatic N) is 1. The summed E-state index contributed by atoms with van der Waals surface area (Å²) in [6.07, 6.45) is 3.19. The predicted octanol–water partition coefficient (Wildman–Crippen LogP) is 1.94. The molecular formula is C12H15NO3S. The van der Waals surface area contributed by atoms with E-state index in [1.54, 1.807) is 31.4 Å². The molecule has 4 nitrogen and oxygen atoms in total. The van der Waals surface area contributed by atoms with Crippen LogP contribution in [-0.2, 0) is 9.59 Å². The molecule has 92 valence electrons. The number of carboxylic acids is 1. The SMILES string of the molecule is CC(CN(C)C(=O)C=Cc1cccs1)C(=O)O. The molecule has 5 heteroatoms. The minimum atomic E-state index is -0.896. The van der Waals surface area contributed by atoms with E-state index in [9.17, 15) is 9.59 Å².